The predicted octanol–water partition coefficient (Wildman–Crippen LogP) is 2.12. The molecule has 1 aliphatic rings. The molecule has 7 nitrogen and oxygen atoms in total. The number of aliphatic imine (C=N–C) groups is 1. The summed E-state index contributed by atoms with van der Waals surface area (Å²) >= 11 is 0. The van der Waals surface area contributed by atoms with Crippen molar-refractivity contribution in [1.29, 1.82) is 0 Å². The molecule has 7 heteroatoms. The van der Waals surface area contributed by atoms with Gasteiger partial charge in [0.2, 0.25) is 5.91 Å². The quantitative estimate of drug-likeness (QED) is 0.264. The fourth-order valence-electron chi connectivity index (χ4n) is 2.65. The molecule has 0 radical (unpaired) electrons. The van der Waals surface area contributed by atoms with Gasteiger partial charge in [0.05, 0.1) is 18.8 Å². The lowest BCUT2D eigenvalue weighted by Gasteiger charge is -2.14. The van der Waals surface area contributed by atoms with E-state index in [2.05, 4.69) is 20.9 Å². The summed E-state index contributed by atoms with van der Waals surface area (Å²) in [5.74, 6) is 1.55. The van der Waals surface area contributed by atoms with Gasteiger partial charge in [-0.2, -0.15) is 0 Å². The Balaban J connectivity index is 1.75. The highest BCUT2D eigenvalue weighted by atomic mass is 16.5. The summed E-state index contributed by atoms with van der Waals surface area (Å²) in [5.41, 5.74) is 0.799. The van der Waals surface area contributed by atoms with Crippen molar-refractivity contribution in [3.8, 4) is 5.75 Å². The zero-order chi connectivity index (χ0) is 20.4. The maximum absolute atomic E-state index is 11.7. The number of nitrogens with one attached hydrogen (secondary N) is 3. The van der Waals surface area contributed by atoms with Gasteiger partial charge in [0, 0.05) is 25.6 Å². The Morgan fingerprint density at radius 3 is 2.57 bits per heavy atom. The van der Waals surface area contributed by atoms with Gasteiger partial charge in [0.1, 0.15) is 5.75 Å². The summed E-state index contributed by atoms with van der Waals surface area (Å²) in [6, 6.07) is 7.84. The van der Waals surface area contributed by atoms with Gasteiger partial charge in [-0.1, -0.05) is 12.1 Å². The molecule has 2 rings (SSSR count). The lowest BCUT2D eigenvalue weighted by Crippen LogP contribution is -2.38. The molecule has 0 aromatic heterocycles. The minimum absolute atomic E-state index is 0.117. The van der Waals surface area contributed by atoms with Crippen LogP contribution in [0.5, 0.6) is 5.75 Å². The predicted molar refractivity (Wildman–Crippen MR) is 112 cm³/mol. The maximum Gasteiger partial charge on any atom is 0.220 e. The average molecular weight is 391 g/mol. The molecule has 1 unspecified atom stereocenters. The monoisotopic (exact) mass is 390 g/mol. The third-order valence-corrected chi connectivity index (χ3v) is 4.22. The summed E-state index contributed by atoms with van der Waals surface area (Å²) in [7, 11) is 0. The molecule has 1 saturated carbocycles. The van der Waals surface area contributed by atoms with Gasteiger partial charge in [0.25, 0.3) is 0 Å². The maximum atomic E-state index is 11.7. The molecule has 28 heavy (non-hydrogen) atoms. The minimum Gasteiger partial charge on any atom is -0.491 e. The standard InChI is InChI=1S/C21H34N4O3/c1-4-22-21(23-13-5-6-20(27)25-17-9-10-17)24-14-19(26)16-7-11-18(12-8-16)28-15(2)3/h7-8,11-12,15,17,19,26H,4-6,9-10,13-14H2,1-3H3,(H,25,27)(H2,22,23,24). The Morgan fingerprint density at radius 2 is 1.96 bits per heavy atom. The van der Waals surface area contributed by atoms with E-state index in [-0.39, 0.29) is 18.6 Å². The van der Waals surface area contributed by atoms with Crippen LogP contribution in [0.15, 0.2) is 29.3 Å². The smallest absolute Gasteiger partial charge is 0.220 e. The second kappa shape index (κ2) is 11.5. The Labute approximate surface area is 168 Å². The van der Waals surface area contributed by atoms with E-state index in [1.807, 2.05) is 45.0 Å². The third-order valence-electron chi connectivity index (χ3n) is 4.22. The van der Waals surface area contributed by atoms with E-state index in [0.717, 1.165) is 37.1 Å². The molecular weight excluding hydrogens is 356 g/mol. The van der Waals surface area contributed by atoms with Crippen LogP contribution in [0, 0.1) is 0 Å². The number of nitrogens with zero attached hydrogens (tertiary/aromatic N) is 1. The van der Waals surface area contributed by atoms with Crippen LogP contribution in [-0.4, -0.2) is 48.8 Å². The van der Waals surface area contributed by atoms with Crippen LogP contribution in [-0.2, 0) is 4.79 Å². The van der Waals surface area contributed by atoms with Crippen molar-refractivity contribution in [3.63, 3.8) is 0 Å². The van der Waals surface area contributed by atoms with E-state index in [4.69, 9.17) is 4.74 Å². The SMILES string of the molecule is CCNC(=NCC(O)c1ccc(OC(C)C)cc1)NCCCC(=O)NC1CC1. The zero-order valence-corrected chi connectivity index (χ0v) is 17.2. The minimum atomic E-state index is -0.687. The molecule has 1 aromatic rings. The Hall–Kier alpha value is -2.28. The fourth-order valence-corrected chi connectivity index (χ4v) is 2.65. The topological polar surface area (TPSA) is 95.0 Å². The van der Waals surface area contributed by atoms with Gasteiger partial charge in [-0.15, -0.1) is 0 Å². The van der Waals surface area contributed by atoms with Gasteiger partial charge >= 0.3 is 0 Å². The van der Waals surface area contributed by atoms with E-state index in [9.17, 15) is 9.90 Å². The lowest BCUT2D eigenvalue weighted by molar-refractivity contribution is -0.121. The van der Waals surface area contributed by atoms with Crippen molar-refractivity contribution in [2.45, 2.75) is 64.7 Å². The van der Waals surface area contributed by atoms with Crippen molar-refractivity contribution in [3.05, 3.63) is 29.8 Å². The van der Waals surface area contributed by atoms with Crippen molar-refractivity contribution in [2.75, 3.05) is 19.6 Å². The number of ether oxygens (including phenoxy) is 1. The summed E-state index contributed by atoms with van der Waals surface area (Å²) in [6.45, 7) is 7.58. The number of guanidine groups is 1. The molecule has 0 bridgehead atoms. The number of benzene rings is 1. The third kappa shape index (κ3) is 8.61. The van der Waals surface area contributed by atoms with Crippen LogP contribution in [0.2, 0.25) is 0 Å². The van der Waals surface area contributed by atoms with Crippen LogP contribution in [0.4, 0.5) is 0 Å². The van der Waals surface area contributed by atoms with E-state index in [0.29, 0.717) is 25.0 Å². The number of aliphatic hydroxyl groups is 1. The highest BCUT2D eigenvalue weighted by Gasteiger charge is 2.22. The number of hydrogen-bond donors (Lipinski definition) is 4. The number of carbonyl (C=O) groups is 1. The zero-order valence-electron chi connectivity index (χ0n) is 17.2. The summed E-state index contributed by atoms with van der Waals surface area (Å²) in [6.07, 6.45) is 2.90. The van der Waals surface area contributed by atoms with Crippen LogP contribution in [0.3, 0.4) is 0 Å². The van der Waals surface area contributed by atoms with Crippen molar-refractivity contribution < 1.29 is 14.6 Å². The Morgan fingerprint density at radius 1 is 1.25 bits per heavy atom. The first kappa shape index (κ1) is 22.0. The highest BCUT2D eigenvalue weighted by molar-refractivity contribution is 5.80. The fraction of sp³-hybridized carbons (Fsp3) is 0.619. The van der Waals surface area contributed by atoms with E-state index >= 15 is 0 Å². The van der Waals surface area contributed by atoms with Gasteiger partial charge in [-0.3, -0.25) is 9.79 Å². The molecule has 1 amide bonds. The van der Waals surface area contributed by atoms with Gasteiger partial charge in [-0.05, 0) is 57.7 Å². The van der Waals surface area contributed by atoms with Crippen molar-refractivity contribution >= 4 is 11.9 Å². The number of amides is 1. The molecule has 156 valence electrons. The Kier molecular flexibility index (Phi) is 9.07. The molecule has 0 saturated heterocycles. The Bertz CT molecular complexity index is 627. The van der Waals surface area contributed by atoms with Gasteiger partial charge < -0.3 is 25.8 Å². The van der Waals surface area contributed by atoms with Crippen LogP contribution in [0.25, 0.3) is 0 Å². The van der Waals surface area contributed by atoms with Crippen molar-refractivity contribution in [2.24, 2.45) is 4.99 Å². The first-order valence-corrected chi connectivity index (χ1v) is 10.2. The summed E-state index contributed by atoms with van der Waals surface area (Å²) in [4.78, 5) is 16.1. The molecule has 1 aliphatic carbocycles. The number of rotatable bonds is 11. The molecule has 0 aliphatic heterocycles. The van der Waals surface area contributed by atoms with Crippen LogP contribution in [0.1, 0.15) is 58.1 Å². The molecule has 1 aromatic carbocycles. The van der Waals surface area contributed by atoms with Gasteiger partial charge in [0.15, 0.2) is 5.96 Å². The lowest BCUT2D eigenvalue weighted by atomic mass is 10.1. The van der Waals surface area contributed by atoms with Gasteiger partial charge in [-0.25, -0.2) is 0 Å². The first-order chi connectivity index (χ1) is 13.5. The van der Waals surface area contributed by atoms with E-state index in [1.165, 1.54) is 0 Å². The average Bonchev–Trinajstić information content (AvgIpc) is 3.47. The number of aliphatic hydroxyl groups excluding tert-OH is 1. The normalized spacial score (nSPS) is 15.2. The summed E-state index contributed by atoms with van der Waals surface area (Å²) in [5, 5.41) is 19.7. The largest absolute Gasteiger partial charge is 0.491 e. The number of carbonyl (C=O) groups excluding carboxylic acids is 1. The summed E-state index contributed by atoms with van der Waals surface area (Å²) < 4.78 is 5.62. The van der Waals surface area contributed by atoms with Crippen molar-refractivity contribution in [1.82, 2.24) is 16.0 Å². The molecular formula is C21H34N4O3. The van der Waals surface area contributed by atoms with E-state index in [1.54, 1.807) is 0 Å². The van der Waals surface area contributed by atoms with E-state index < -0.39 is 6.10 Å². The second-order valence-corrected chi connectivity index (χ2v) is 7.34. The van der Waals surface area contributed by atoms with Crippen LogP contribution < -0.4 is 20.7 Å². The highest BCUT2D eigenvalue weighted by Crippen LogP contribution is 2.19. The number of hydrogen-bond acceptors (Lipinski definition) is 4. The first-order valence-electron chi connectivity index (χ1n) is 10.2. The second-order valence-electron chi connectivity index (χ2n) is 7.34. The molecule has 0 spiro atoms. The molecule has 0 heterocycles. The molecule has 1 atom stereocenters. The molecule has 4 N–H and O–H groups in total. The molecule has 1 fully saturated rings. The van der Waals surface area contributed by atoms with Crippen LogP contribution >= 0.6 is 0 Å².